The second kappa shape index (κ2) is 7.31. The highest BCUT2D eigenvalue weighted by Gasteiger charge is 2.41. The van der Waals surface area contributed by atoms with Gasteiger partial charge in [-0.25, -0.2) is 0 Å². The van der Waals surface area contributed by atoms with Crippen LogP contribution in [0.4, 0.5) is 0 Å². The third-order valence-corrected chi connectivity index (χ3v) is 5.90. The van der Waals surface area contributed by atoms with Gasteiger partial charge in [-0.1, -0.05) is 66.7 Å². The number of benzene rings is 2. The molecule has 0 saturated carbocycles. The van der Waals surface area contributed by atoms with Gasteiger partial charge in [-0.3, -0.25) is 9.80 Å². The monoisotopic (exact) mass is 336 g/mol. The van der Waals surface area contributed by atoms with Crippen molar-refractivity contribution in [1.82, 2.24) is 0 Å². The van der Waals surface area contributed by atoms with Crippen molar-refractivity contribution in [2.24, 2.45) is 0 Å². The van der Waals surface area contributed by atoms with Crippen molar-refractivity contribution < 1.29 is 9.80 Å². The normalized spacial score (nSPS) is 23.4. The summed E-state index contributed by atoms with van der Waals surface area (Å²) >= 11 is 1.91. The molecule has 1 aliphatic rings. The highest BCUT2D eigenvalue weighted by Crippen LogP contribution is 2.14. The lowest BCUT2D eigenvalue weighted by molar-refractivity contribution is -1.09. The average molecular weight is 337 g/mol. The molecular weight excluding hydrogens is 312 g/mol. The summed E-state index contributed by atoms with van der Waals surface area (Å²) in [4.78, 5) is 4.90. The highest BCUT2D eigenvalue weighted by atomic mass is 32.1. The van der Waals surface area contributed by atoms with Crippen molar-refractivity contribution >= 4 is 11.3 Å². The van der Waals surface area contributed by atoms with Crippen LogP contribution in [0.2, 0.25) is 0 Å². The maximum atomic E-state index is 2.32. The summed E-state index contributed by atoms with van der Waals surface area (Å²) in [6.45, 7) is 4.70. The van der Waals surface area contributed by atoms with Crippen molar-refractivity contribution in [3.05, 3.63) is 94.2 Å². The lowest BCUT2D eigenvalue weighted by Crippen LogP contribution is -3.22. The SMILES string of the molecule is c1ccc(C[NH+]2CC[NH+](Cc3ccccc3)C2c2cccs2)cc1. The number of hydrogen-bond donors (Lipinski definition) is 2. The molecule has 122 valence electrons. The Hall–Kier alpha value is -1.94. The fraction of sp³-hybridized carbons (Fsp3) is 0.238. The summed E-state index contributed by atoms with van der Waals surface area (Å²) in [5.41, 5.74) is 2.88. The van der Waals surface area contributed by atoms with E-state index in [1.165, 1.54) is 29.1 Å². The first-order chi connectivity index (χ1) is 11.9. The van der Waals surface area contributed by atoms with Crippen LogP contribution in [-0.2, 0) is 13.1 Å². The van der Waals surface area contributed by atoms with Crippen LogP contribution in [0.3, 0.4) is 0 Å². The van der Waals surface area contributed by atoms with E-state index < -0.39 is 0 Å². The van der Waals surface area contributed by atoms with Crippen LogP contribution in [0, 0.1) is 0 Å². The molecule has 24 heavy (non-hydrogen) atoms. The van der Waals surface area contributed by atoms with Crippen molar-refractivity contribution in [3.63, 3.8) is 0 Å². The second-order valence-corrected chi connectivity index (χ2v) is 7.57. The van der Waals surface area contributed by atoms with E-state index in [4.69, 9.17) is 0 Å². The molecule has 0 amide bonds. The molecule has 0 aliphatic carbocycles. The molecule has 4 rings (SSSR count). The van der Waals surface area contributed by atoms with Crippen LogP contribution in [0.25, 0.3) is 0 Å². The van der Waals surface area contributed by atoms with Gasteiger partial charge in [0.15, 0.2) is 0 Å². The van der Waals surface area contributed by atoms with E-state index in [0.29, 0.717) is 6.17 Å². The first kappa shape index (κ1) is 15.6. The Morgan fingerprint density at radius 1 is 0.708 bits per heavy atom. The Balaban J connectivity index is 1.56. The van der Waals surface area contributed by atoms with Gasteiger partial charge >= 0.3 is 0 Å². The Bertz CT molecular complexity index is 691. The molecular formula is C21H24N2S+2. The van der Waals surface area contributed by atoms with Crippen LogP contribution in [0.5, 0.6) is 0 Å². The fourth-order valence-electron chi connectivity index (χ4n) is 3.85. The van der Waals surface area contributed by atoms with Crippen LogP contribution in [0.1, 0.15) is 22.2 Å². The first-order valence-corrected chi connectivity index (χ1v) is 9.58. The third-order valence-electron chi connectivity index (χ3n) is 4.96. The van der Waals surface area contributed by atoms with Gasteiger partial charge in [0.1, 0.15) is 31.1 Å². The summed E-state index contributed by atoms with van der Waals surface area (Å²) < 4.78 is 0. The van der Waals surface area contributed by atoms with Gasteiger partial charge in [0.25, 0.3) is 0 Å². The predicted octanol–water partition coefficient (Wildman–Crippen LogP) is 1.93. The predicted molar refractivity (Wildman–Crippen MR) is 99.0 cm³/mol. The summed E-state index contributed by atoms with van der Waals surface area (Å²) in [6.07, 6.45) is 0.547. The number of nitrogens with one attached hydrogen (secondary N) is 2. The second-order valence-electron chi connectivity index (χ2n) is 6.59. The number of thiophene rings is 1. The maximum absolute atomic E-state index is 2.32. The van der Waals surface area contributed by atoms with Crippen LogP contribution >= 0.6 is 11.3 Å². The van der Waals surface area contributed by atoms with Gasteiger partial charge < -0.3 is 0 Å². The summed E-state index contributed by atoms with van der Waals surface area (Å²) in [6, 6.07) is 26.4. The molecule has 1 fully saturated rings. The van der Waals surface area contributed by atoms with Crippen molar-refractivity contribution in [1.29, 1.82) is 0 Å². The molecule has 3 heteroatoms. The molecule has 0 radical (unpaired) electrons. The molecule has 2 heterocycles. The molecule has 2 aromatic carbocycles. The summed E-state index contributed by atoms with van der Waals surface area (Å²) in [5, 5.41) is 2.22. The highest BCUT2D eigenvalue weighted by molar-refractivity contribution is 7.09. The maximum Gasteiger partial charge on any atom is 0.250 e. The zero-order chi connectivity index (χ0) is 16.2. The minimum absolute atomic E-state index is 0.547. The topological polar surface area (TPSA) is 8.88 Å². The van der Waals surface area contributed by atoms with E-state index in [0.717, 1.165) is 13.1 Å². The largest absolute Gasteiger partial charge is 0.273 e. The quantitative estimate of drug-likeness (QED) is 0.705. The smallest absolute Gasteiger partial charge is 0.250 e. The zero-order valence-electron chi connectivity index (χ0n) is 13.8. The Morgan fingerprint density at radius 2 is 1.25 bits per heavy atom. The third kappa shape index (κ3) is 3.44. The molecule has 2 N–H and O–H groups in total. The van der Waals surface area contributed by atoms with E-state index in [1.54, 1.807) is 9.80 Å². The van der Waals surface area contributed by atoms with Crippen molar-refractivity contribution in [2.45, 2.75) is 19.3 Å². The minimum Gasteiger partial charge on any atom is -0.273 e. The Labute approximate surface area is 148 Å². The Kier molecular flexibility index (Phi) is 4.74. The molecule has 1 aromatic heterocycles. The molecule has 1 saturated heterocycles. The molecule has 0 spiro atoms. The van der Waals surface area contributed by atoms with E-state index in [2.05, 4.69) is 78.2 Å². The van der Waals surface area contributed by atoms with Crippen molar-refractivity contribution in [3.8, 4) is 0 Å². The zero-order valence-corrected chi connectivity index (χ0v) is 14.6. The van der Waals surface area contributed by atoms with E-state index in [9.17, 15) is 0 Å². The van der Waals surface area contributed by atoms with Crippen LogP contribution in [-0.4, -0.2) is 13.1 Å². The number of rotatable bonds is 5. The van der Waals surface area contributed by atoms with Gasteiger partial charge in [-0.15, -0.1) is 11.3 Å². The average Bonchev–Trinajstić information content (AvgIpc) is 3.27. The lowest BCUT2D eigenvalue weighted by atomic mass is 10.2. The molecule has 0 bridgehead atoms. The minimum atomic E-state index is 0.547. The molecule has 2 atom stereocenters. The number of hydrogen-bond acceptors (Lipinski definition) is 1. The van der Waals surface area contributed by atoms with Crippen LogP contribution < -0.4 is 9.80 Å². The summed E-state index contributed by atoms with van der Waals surface area (Å²) in [5.74, 6) is 0. The van der Waals surface area contributed by atoms with E-state index in [1.807, 2.05) is 11.3 Å². The van der Waals surface area contributed by atoms with Crippen molar-refractivity contribution in [2.75, 3.05) is 13.1 Å². The van der Waals surface area contributed by atoms with Crippen LogP contribution in [0.15, 0.2) is 78.2 Å². The summed E-state index contributed by atoms with van der Waals surface area (Å²) in [7, 11) is 0. The van der Waals surface area contributed by atoms with Gasteiger partial charge in [0.2, 0.25) is 6.17 Å². The van der Waals surface area contributed by atoms with Gasteiger partial charge in [0, 0.05) is 11.1 Å². The van der Waals surface area contributed by atoms with Gasteiger partial charge in [0.05, 0.1) is 0 Å². The standard InChI is InChI=1S/C21H22N2S/c1-3-8-18(9-4-1)16-22-13-14-23(17-19-10-5-2-6-11-19)21(22)20-12-7-15-24-20/h1-12,15,21H,13-14,16-17H2/p+2. The van der Waals surface area contributed by atoms with Gasteiger partial charge in [-0.05, 0) is 11.4 Å². The van der Waals surface area contributed by atoms with Gasteiger partial charge in [-0.2, -0.15) is 0 Å². The number of quaternary nitrogens is 2. The molecule has 2 nitrogen and oxygen atoms in total. The fourth-order valence-corrected chi connectivity index (χ4v) is 4.79. The first-order valence-electron chi connectivity index (χ1n) is 8.70. The lowest BCUT2D eigenvalue weighted by Gasteiger charge is -2.23. The molecule has 3 aromatic rings. The molecule has 2 unspecified atom stereocenters. The Morgan fingerprint density at radius 3 is 1.71 bits per heavy atom. The van der Waals surface area contributed by atoms with E-state index in [-0.39, 0.29) is 0 Å². The molecule has 1 aliphatic heterocycles. The van der Waals surface area contributed by atoms with E-state index >= 15 is 0 Å².